The number of hydrogen-bond donors (Lipinski definition) is 1. The van der Waals surface area contributed by atoms with Gasteiger partial charge in [0.25, 0.3) is 0 Å². The first-order chi connectivity index (χ1) is 8.66. The number of pyridine rings is 2. The minimum absolute atomic E-state index is 0.0300. The van der Waals surface area contributed by atoms with Crippen LogP contribution in [0, 0.1) is 17.0 Å². The first-order valence-corrected chi connectivity index (χ1v) is 5.41. The molecule has 0 spiro atoms. The number of aromatic nitrogens is 2. The van der Waals surface area contributed by atoms with Gasteiger partial charge in [-0.1, -0.05) is 6.07 Å². The Bertz CT molecular complexity index is 554. The summed E-state index contributed by atoms with van der Waals surface area (Å²) in [6.07, 6.45) is 3.25. The fraction of sp³-hybridized carbons (Fsp3) is 0.167. The second kappa shape index (κ2) is 5.22. The third kappa shape index (κ3) is 2.79. The summed E-state index contributed by atoms with van der Waals surface area (Å²) in [6.45, 7) is 2.35. The molecule has 0 atom stereocenters. The molecule has 92 valence electrons. The summed E-state index contributed by atoms with van der Waals surface area (Å²) >= 11 is 0. The van der Waals surface area contributed by atoms with Crippen molar-refractivity contribution in [1.82, 2.24) is 9.97 Å². The van der Waals surface area contributed by atoms with Crippen molar-refractivity contribution in [3.8, 4) is 0 Å². The van der Waals surface area contributed by atoms with Crippen molar-refractivity contribution < 1.29 is 4.92 Å². The Labute approximate surface area is 104 Å². The molecule has 2 aromatic rings. The molecule has 2 rings (SSSR count). The molecule has 0 aliphatic carbocycles. The second-order valence-corrected chi connectivity index (χ2v) is 3.79. The number of hydrogen-bond acceptors (Lipinski definition) is 5. The van der Waals surface area contributed by atoms with Crippen LogP contribution in [0.3, 0.4) is 0 Å². The topological polar surface area (TPSA) is 81.0 Å². The molecule has 1 N–H and O–H groups in total. The molecule has 0 unspecified atom stereocenters. The van der Waals surface area contributed by atoms with Gasteiger partial charge in [0.05, 0.1) is 4.92 Å². The van der Waals surface area contributed by atoms with E-state index in [0.717, 1.165) is 11.3 Å². The first-order valence-electron chi connectivity index (χ1n) is 5.41. The number of nitrogens with one attached hydrogen (secondary N) is 1. The number of rotatable bonds is 4. The average Bonchev–Trinajstić information content (AvgIpc) is 2.38. The van der Waals surface area contributed by atoms with Crippen molar-refractivity contribution in [3.05, 3.63) is 58.0 Å². The van der Waals surface area contributed by atoms with E-state index in [2.05, 4.69) is 15.3 Å². The predicted molar refractivity (Wildman–Crippen MR) is 67.2 cm³/mol. The molecule has 18 heavy (non-hydrogen) atoms. The molecule has 6 heteroatoms. The van der Waals surface area contributed by atoms with E-state index < -0.39 is 4.92 Å². The van der Waals surface area contributed by atoms with E-state index in [0.29, 0.717) is 6.54 Å². The first kappa shape index (κ1) is 12.0. The van der Waals surface area contributed by atoms with Crippen molar-refractivity contribution >= 4 is 11.5 Å². The largest absolute Gasteiger partial charge is 0.360 e. The number of anilines is 1. The van der Waals surface area contributed by atoms with Crippen LogP contribution >= 0.6 is 0 Å². The van der Waals surface area contributed by atoms with Crippen LogP contribution in [0.15, 0.2) is 36.7 Å². The van der Waals surface area contributed by atoms with Gasteiger partial charge in [-0.3, -0.25) is 15.1 Å². The van der Waals surface area contributed by atoms with Gasteiger partial charge in [0.15, 0.2) is 0 Å². The van der Waals surface area contributed by atoms with Crippen LogP contribution < -0.4 is 5.32 Å². The fourth-order valence-electron chi connectivity index (χ4n) is 1.47. The normalized spacial score (nSPS) is 10.1. The van der Waals surface area contributed by atoms with Gasteiger partial charge in [-0.25, -0.2) is 4.98 Å². The maximum absolute atomic E-state index is 10.8. The van der Waals surface area contributed by atoms with Gasteiger partial charge in [-0.15, -0.1) is 0 Å². The van der Waals surface area contributed by atoms with Crippen LogP contribution in [0.25, 0.3) is 0 Å². The zero-order valence-corrected chi connectivity index (χ0v) is 9.83. The molecule has 6 nitrogen and oxygen atoms in total. The molecular weight excluding hydrogens is 232 g/mol. The van der Waals surface area contributed by atoms with Gasteiger partial charge in [0, 0.05) is 30.7 Å². The van der Waals surface area contributed by atoms with Crippen LogP contribution in [-0.4, -0.2) is 14.9 Å². The molecular formula is C12H12N4O2. The molecule has 0 aromatic carbocycles. The van der Waals surface area contributed by atoms with Crippen LogP contribution in [0.4, 0.5) is 11.5 Å². The number of nitro groups is 1. The monoisotopic (exact) mass is 244 g/mol. The lowest BCUT2D eigenvalue weighted by atomic mass is 10.2. The average molecular weight is 244 g/mol. The third-order valence-electron chi connectivity index (χ3n) is 2.42. The Morgan fingerprint density at radius 2 is 2.17 bits per heavy atom. The molecule has 2 heterocycles. The summed E-state index contributed by atoms with van der Waals surface area (Å²) in [5, 5.41) is 13.7. The lowest BCUT2D eigenvalue weighted by Gasteiger charge is -2.05. The highest BCUT2D eigenvalue weighted by atomic mass is 16.6. The highest BCUT2D eigenvalue weighted by Gasteiger charge is 2.13. The van der Waals surface area contributed by atoms with Crippen LogP contribution in [0.2, 0.25) is 0 Å². The minimum atomic E-state index is -0.456. The molecule has 0 bridgehead atoms. The van der Waals surface area contributed by atoms with E-state index in [1.54, 1.807) is 6.20 Å². The zero-order valence-electron chi connectivity index (χ0n) is 9.83. The fourth-order valence-corrected chi connectivity index (χ4v) is 1.47. The Hall–Kier alpha value is -2.50. The van der Waals surface area contributed by atoms with Crippen molar-refractivity contribution in [3.63, 3.8) is 0 Å². The summed E-state index contributed by atoms with van der Waals surface area (Å²) in [6, 6.07) is 6.77. The summed E-state index contributed by atoms with van der Waals surface area (Å²) < 4.78 is 0. The van der Waals surface area contributed by atoms with Gasteiger partial charge < -0.3 is 5.32 Å². The lowest BCUT2D eigenvalue weighted by molar-refractivity contribution is -0.384. The van der Waals surface area contributed by atoms with Gasteiger partial charge in [0.2, 0.25) is 5.82 Å². The van der Waals surface area contributed by atoms with Gasteiger partial charge in [-0.05, 0) is 24.6 Å². The minimum Gasteiger partial charge on any atom is -0.360 e. The highest BCUT2D eigenvalue weighted by Crippen LogP contribution is 2.20. The summed E-state index contributed by atoms with van der Waals surface area (Å²) in [5.41, 5.74) is 1.85. The third-order valence-corrected chi connectivity index (χ3v) is 2.42. The molecule has 0 aliphatic rings. The Balaban J connectivity index is 2.10. The number of nitrogens with zero attached hydrogens (tertiary/aromatic N) is 3. The molecule has 0 radical (unpaired) electrons. The molecule has 0 saturated heterocycles. The van der Waals surface area contributed by atoms with Crippen LogP contribution in [-0.2, 0) is 6.54 Å². The molecule has 0 saturated carbocycles. The standard InChI is InChI=1S/C12H12N4O2/c1-9-4-5-10(7-14-9)8-15-12-11(16(17)18)3-2-6-13-12/h2-7H,8H2,1H3,(H,13,15). The van der Waals surface area contributed by atoms with Crippen molar-refractivity contribution in [1.29, 1.82) is 0 Å². The molecule has 0 aliphatic heterocycles. The summed E-state index contributed by atoms with van der Waals surface area (Å²) in [4.78, 5) is 18.4. The zero-order chi connectivity index (χ0) is 13.0. The Morgan fingerprint density at radius 1 is 1.33 bits per heavy atom. The van der Waals surface area contributed by atoms with Crippen molar-refractivity contribution in [2.24, 2.45) is 0 Å². The van der Waals surface area contributed by atoms with E-state index in [-0.39, 0.29) is 11.5 Å². The van der Waals surface area contributed by atoms with E-state index in [4.69, 9.17) is 0 Å². The Morgan fingerprint density at radius 3 is 2.83 bits per heavy atom. The van der Waals surface area contributed by atoms with E-state index in [9.17, 15) is 10.1 Å². The van der Waals surface area contributed by atoms with Gasteiger partial charge in [-0.2, -0.15) is 0 Å². The van der Waals surface area contributed by atoms with Crippen molar-refractivity contribution in [2.75, 3.05) is 5.32 Å². The van der Waals surface area contributed by atoms with Crippen molar-refractivity contribution in [2.45, 2.75) is 13.5 Å². The van der Waals surface area contributed by atoms with Crippen LogP contribution in [0.1, 0.15) is 11.3 Å². The quantitative estimate of drug-likeness (QED) is 0.659. The van der Waals surface area contributed by atoms with E-state index >= 15 is 0 Å². The molecule has 0 fully saturated rings. The maximum Gasteiger partial charge on any atom is 0.311 e. The Kier molecular flexibility index (Phi) is 3.47. The SMILES string of the molecule is Cc1ccc(CNc2ncccc2[N+](=O)[O-])cn1. The van der Waals surface area contributed by atoms with Gasteiger partial charge >= 0.3 is 5.69 Å². The van der Waals surface area contributed by atoms with E-state index in [1.165, 1.54) is 18.3 Å². The summed E-state index contributed by atoms with van der Waals surface area (Å²) in [5.74, 6) is 0.267. The summed E-state index contributed by atoms with van der Waals surface area (Å²) in [7, 11) is 0. The smallest absolute Gasteiger partial charge is 0.311 e. The number of aryl methyl sites for hydroxylation is 1. The molecule has 2 aromatic heterocycles. The van der Waals surface area contributed by atoms with Crippen LogP contribution in [0.5, 0.6) is 0 Å². The van der Waals surface area contributed by atoms with E-state index in [1.807, 2.05) is 19.1 Å². The van der Waals surface area contributed by atoms with Gasteiger partial charge in [0.1, 0.15) is 0 Å². The lowest BCUT2D eigenvalue weighted by Crippen LogP contribution is -2.04. The predicted octanol–water partition coefficient (Wildman–Crippen LogP) is 2.31. The molecule has 0 amide bonds. The second-order valence-electron chi connectivity index (χ2n) is 3.79. The maximum atomic E-state index is 10.8. The highest BCUT2D eigenvalue weighted by molar-refractivity contribution is 5.55.